The molecule has 2 rings (SSSR count). The van der Waals surface area contributed by atoms with Crippen molar-refractivity contribution in [2.24, 2.45) is 0 Å². The molecule has 1 atom stereocenters. The highest BCUT2D eigenvalue weighted by atomic mass is 16.5. The predicted octanol–water partition coefficient (Wildman–Crippen LogP) is 1.53. The summed E-state index contributed by atoms with van der Waals surface area (Å²) >= 11 is 0. The van der Waals surface area contributed by atoms with Crippen LogP contribution in [0.1, 0.15) is 12.8 Å². The van der Waals surface area contributed by atoms with Crippen LogP contribution >= 0.6 is 0 Å². The van der Waals surface area contributed by atoms with E-state index in [9.17, 15) is 5.11 Å². The zero-order valence-electron chi connectivity index (χ0n) is 10.8. The van der Waals surface area contributed by atoms with Gasteiger partial charge in [-0.2, -0.15) is 0 Å². The molecule has 0 bridgehead atoms. The Hall–Kier alpha value is -1.26. The van der Waals surface area contributed by atoms with E-state index < -0.39 is 0 Å². The van der Waals surface area contributed by atoms with Gasteiger partial charge in [0.25, 0.3) is 0 Å². The molecule has 1 fully saturated rings. The monoisotopic (exact) mass is 251 g/mol. The summed E-state index contributed by atoms with van der Waals surface area (Å²) in [6.45, 7) is 3.27. The Morgan fingerprint density at radius 2 is 2.11 bits per heavy atom. The van der Waals surface area contributed by atoms with Crippen molar-refractivity contribution in [1.82, 2.24) is 4.90 Å². The van der Waals surface area contributed by atoms with E-state index in [4.69, 9.17) is 9.47 Å². The molecule has 0 aliphatic carbocycles. The molecule has 18 heavy (non-hydrogen) atoms. The van der Waals surface area contributed by atoms with Crippen LogP contribution in [0.25, 0.3) is 0 Å². The highest BCUT2D eigenvalue weighted by Crippen LogP contribution is 2.25. The number of nitrogens with zero attached hydrogens (tertiary/aromatic N) is 1. The number of aliphatic hydroxyl groups excluding tert-OH is 1. The first-order valence-corrected chi connectivity index (χ1v) is 6.46. The molecule has 4 heteroatoms. The zero-order valence-corrected chi connectivity index (χ0v) is 10.8. The van der Waals surface area contributed by atoms with Gasteiger partial charge in [0.15, 0.2) is 11.5 Å². The van der Waals surface area contributed by atoms with E-state index in [1.165, 1.54) is 0 Å². The normalized spacial score (nSPS) is 20.7. The molecule has 1 N–H and O–H groups in total. The summed E-state index contributed by atoms with van der Waals surface area (Å²) in [6.07, 6.45) is 1.81. The van der Waals surface area contributed by atoms with Crippen molar-refractivity contribution >= 4 is 0 Å². The smallest absolute Gasteiger partial charge is 0.161 e. The van der Waals surface area contributed by atoms with E-state index in [1.807, 2.05) is 24.3 Å². The number of β-amino-alcohol motifs (C(OH)–C–C–N with tert-alkyl or cyclic N) is 1. The van der Waals surface area contributed by atoms with Gasteiger partial charge in [0.2, 0.25) is 0 Å². The third-order valence-electron chi connectivity index (χ3n) is 3.21. The van der Waals surface area contributed by atoms with E-state index in [2.05, 4.69) is 4.90 Å². The van der Waals surface area contributed by atoms with E-state index in [-0.39, 0.29) is 6.10 Å². The SMILES string of the molecule is COc1ccccc1OCCN1CCCC(O)C1. The highest BCUT2D eigenvalue weighted by molar-refractivity contribution is 5.39. The summed E-state index contributed by atoms with van der Waals surface area (Å²) in [7, 11) is 1.64. The first kappa shape index (κ1) is 13.2. The highest BCUT2D eigenvalue weighted by Gasteiger charge is 2.17. The fourth-order valence-corrected chi connectivity index (χ4v) is 2.26. The third kappa shape index (κ3) is 3.62. The quantitative estimate of drug-likeness (QED) is 0.861. The van der Waals surface area contributed by atoms with Crippen LogP contribution in [0.5, 0.6) is 11.5 Å². The Bertz CT molecular complexity index is 370. The van der Waals surface area contributed by atoms with Crippen LogP contribution < -0.4 is 9.47 Å². The average Bonchev–Trinajstić information content (AvgIpc) is 2.39. The largest absolute Gasteiger partial charge is 0.493 e. The molecule has 0 aromatic heterocycles. The molecule has 1 saturated heterocycles. The molecule has 1 aromatic rings. The summed E-state index contributed by atoms with van der Waals surface area (Å²) in [4.78, 5) is 2.24. The van der Waals surface area contributed by atoms with Gasteiger partial charge in [-0.3, -0.25) is 4.90 Å². The molecule has 1 unspecified atom stereocenters. The number of methoxy groups -OCH3 is 1. The number of piperidine rings is 1. The molecule has 4 nitrogen and oxygen atoms in total. The van der Waals surface area contributed by atoms with Gasteiger partial charge in [0.1, 0.15) is 6.61 Å². The van der Waals surface area contributed by atoms with Crippen molar-refractivity contribution in [3.8, 4) is 11.5 Å². The number of likely N-dealkylation sites (tertiary alicyclic amines) is 1. The van der Waals surface area contributed by atoms with E-state index in [1.54, 1.807) is 7.11 Å². The van der Waals surface area contributed by atoms with Gasteiger partial charge in [-0.25, -0.2) is 0 Å². The van der Waals surface area contributed by atoms with Crippen molar-refractivity contribution in [1.29, 1.82) is 0 Å². The Balaban J connectivity index is 1.77. The molecule has 1 aromatic carbocycles. The summed E-state index contributed by atoms with van der Waals surface area (Å²) in [6, 6.07) is 7.65. The van der Waals surface area contributed by atoms with Crippen LogP contribution in [0.15, 0.2) is 24.3 Å². The Morgan fingerprint density at radius 3 is 2.83 bits per heavy atom. The maximum Gasteiger partial charge on any atom is 0.161 e. The number of rotatable bonds is 5. The molecule has 100 valence electrons. The van der Waals surface area contributed by atoms with Gasteiger partial charge in [0, 0.05) is 13.1 Å². The molecule has 1 heterocycles. The zero-order chi connectivity index (χ0) is 12.8. The van der Waals surface area contributed by atoms with Gasteiger partial charge >= 0.3 is 0 Å². The van der Waals surface area contributed by atoms with Crippen molar-refractivity contribution < 1.29 is 14.6 Å². The Kier molecular flexibility index (Phi) is 4.84. The number of benzene rings is 1. The second-order valence-corrected chi connectivity index (χ2v) is 4.60. The van der Waals surface area contributed by atoms with Gasteiger partial charge in [0.05, 0.1) is 13.2 Å². The Morgan fingerprint density at radius 1 is 1.33 bits per heavy atom. The van der Waals surface area contributed by atoms with Gasteiger partial charge in [-0.1, -0.05) is 12.1 Å². The Labute approximate surface area is 108 Å². The van der Waals surface area contributed by atoms with Crippen LogP contribution in [-0.4, -0.2) is 49.5 Å². The summed E-state index contributed by atoms with van der Waals surface area (Å²) < 4.78 is 10.9. The molecule has 1 aliphatic heterocycles. The lowest BCUT2D eigenvalue weighted by atomic mass is 10.1. The maximum atomic E-state index is 9.58. The summed E-state index contributed by atoms with van der Waals surface area (Å²) in [5.41, 5.74) is 0. The van der Waals surface area contributed by atoms with Gasteiger partial charge in [-0.05, 0) is 31.5 Å². The molecular formula is C14H21NO3. The number of hydrogen-bond acceptors (Lipinski definition) is 4. The number of aliphatic hydroxyl groups is 1. The van der Waals surface area contributed by atoms with Gasteiger partial charge in [-0.15, -0.1) is 0 Å². The number of para-hydroxylation sites is 2. The molecule has 1 aliphatic rings. The predicted molar refractivity (Wildman–Crippen MR) is 70.2 cm³/mol. The first-order valence-electron chi connectivity index (χ1n) is 6.46. The minimum absolute atomic E-state index is 0.176. The lowest BCUT2D eigenvalue weighted by Crippen LogP contribution is -2.40. The van der Waals surface area contributed by atoms with Crippen LogP contribution in [0.4, 0.5) is 0 Å². The minimum Gasteiger partial charge on any atom is -0.493 e. The van der Waals surface area contributed by atoms with Crippen molar-refractivity contribution in [3.05, 3.63) is 24.3 Å². The van der Waals surface area contributed by atoms with Crippen LogP contribution in [-0.2, 0) is 0 Å². The lowest BCUT2D eigenvalue weighted by molar-refractivity contribution is 0.0630. The fourth-order valence-electron chi connectivity index (χ4n) is 2.26. The fraction of sp³-hybridized carbons (Fsp3) is 0.571. The second kappa shape index (κ2) is 6.61. The average molecular weight is 251 g/mol. The second-order valence-electron chi connectivity index (χ2n) is 4.60. The molecule has 0 spiro atoms. The first-order chi connectivity index (χ1) is 8.79. The van der Waals surface area contributed by atoms with Crippen LogP contribution in [0.3, 0.4) is 0 Å². The van der Waals surface area contributed by atoms with Crippen LogP contribution in [0.2, 0.25) is 0 Å². The van der Waals surface area contributed by atoms with Crippen LogP contribution in [0, 0.1) is 0 Å². The number of hydrogen-bond donors (Lipinski definition) is 1. The lowest BCUT2D eigenvalue weighted by Gasteiger charge is -2.29. The third-order valence-corrected chi connectivity index (χ3v) is 3.21. The maximum absolute atomic E-state index is 9.58. The topological polar surface area (TPSA) is 41.9 Å². The summed E-state index contributed by atoms with van der Waals surface area (Å²) in [5, 5.41) is 9.58. The molecule has 0 saturated carbocycles. The molecular weight excluding hydrogens is 230 g/mol. The van der Waals surface area contributed by atoms with Crippen molar-refractivity contribution in [2.75, 3.05) is 33.4 Å². The van der Waals surface area contributed by atoms with E-state index in [0.29, 0.717) is 6.61 Å². The van der Waals surface area contributed by atoms with E-state index in [0.717, 1.165) is 44.0 Å². The van der Waals surface area contributed by atoms with Crippen molar-refractivity contribution in [3.63, 3.8) is 0 Å². The van der Waals surface area contributed by atoms with Gasteiger partial charge < -0.3 is 14.6 Å². The standard InChI is InChI=1S/C14H21NO3/c1-17-13-6-2-3-7-14(13)18-10-9-15-8-4-5-12(16)11-15/h2-3,6-7,12,16H,4-5,8-11H2,1H3. The minimum atomic E-state index is -0.176. The molecule has 0 amide bonds. The summed E-state index contributed by atoms with van der Waals surface area (Å²) in [5.74, 6) is 1.54. The number of ether oxygens (including phenoxy) is 2. The van der Waals surface area contributed by atoms with Crippen molar-refractivity contribution in [2.45, 2.75) is 18.9 Å². The van der Waals surface area contributed by atoms with E-state index >= 15 is 0 Å². The molecule has 0 radical (unpaired) electrons.